The predicted molar refractivity (Wildman–Crippen MR) is 190 cm³/mol. The summed E-state index contributed by atoms with van der Waals surface area (Å²) in [5.74, 6) is 0.783. The summed E-state index contributed by atoms with van der Waals surface area (Å²) in [7, 11) is 0. The zero-order valence-electron chi connectivity index (χ0n) is 27.1. The minimum atomic E-state index is -3.66. The third-order valence-electron chi connectivity index (χ3n) is 6.23. The second-order valence-electron chi connectivity index (χ2n) is 9.97. The van der Waals surface area contributed by atoms with Gasteiger partial charge in [-0.25, -0.2) is 14.2 Å². The molecule has 10 nitrogen and oxygen atoms in total. The highest BCUT2D eigenvalue weighted by molar-refractivity contribution is 8.05. The van der Waals surface area contributed by atoms with E-state index >= 15 is 0 Å². The number of benzene rings is 2. The molecular formula is C30H48Cl4N2O8P2. The summed E-state index contributed by atoms with van der Waals surface area (Å²) in [4.78, 5) is 22.8. The molecule has 46 heavy (non-hydrogen) atoms. The van der Waals surface area contributed by atoms with Crippen molar-refractivity contribution in [2.45, 2.75) is 79.3 Å². The molecule has 0 aliphatic rings. The van der Waals surface area contributed by atoms with E-state index < -0.39 is 31.0 Å². The molecule has 2 rings (SSSR count). The number of carbonyl (C=O) groups excluding carboxylic acids is 2. The van der Waals surface area contributed by atoms with E-state index in [1.807, 2.05) is 13.8 Å². The van der Waals surface area contributed by atoms with Gasteiger partial charge in [0.05, 0.1) is 13.2 Å². The molecular weight excluding hydrogens is 720 g/mol. The van der Waals surface area contributed by atoms with E-state index in [9.17, 15) is 18.7 Å². The Morgan fingerprint density at radius 3 is 1.43 bits per heavy atom. The number of halogens is 4. The Morgan fingerprint density at radius 2 is 1.09 bits per heavy atom. The van der Waals surface area contributed by atoms with Crippen LogP contribution in [-0.2, 0) is 28.2 Å². The second-order valence-corrected chi connectivity index (χ2v) is 16.9. The maximum absolute atomic E-state index is 12.2. The number of rotatable bonds is 16. The molecule has 0 amide bonds. The predicted octanol–water partition coefficient (Wildman–Crippen LogP) is 9.76. The largest absolute Gasteiger partial charge is 0.464 e. The minimum absolute atomic E-state index is 0. The van der Waals surface area contributed by atoms with E-state index in [0.29, 0.717) is 36.5 Å². The zero-order chi connectivity index (χ0) is 34.5. The van der Waals surface area contributed by atoms with Gasteiger partial charge in [-0.05, 0) is 49.9 Å². The average molecular weight is 768 g/mol. The Hall–Kier alpha value is -1.48. The lowest BCUT2D eigenvalue weighted by atomic mass is 10.1. The maximum atomic E-state index is 12.2. The van der Waals surface area contributed by atoms with Crippen LogP contribution >= 0.6 is 59.1 Å². The molecule has 0 aliphatic heterocycles. The number of ether oxygens (including phenoxy) is 2. The van der Waals surface area contributed by atoms with Gasteiger partial charge >= 0.3 is 24.9 Å². The van der Waals surface area contributed by atoms with Crippen LogP contribution in [0.25, 0.3) is 0 Å². The van der Waals surface area contributed by atoms with Gasteiger partial charge in [0.15, 0.2) is 0 Å². The van der Waals surface area contributed by atoms with E-state index in [1.54, 1.807) is 74.5 Å². The van der Waals surface area contributed by atoms with E-state index in [0.717, 1.165) is 25.7 Å². The van der Waals surface area contributed by atoms with E-state index in [4.69, 9.17) is 53.5 Å². The van der Waals surface area contributed by atoms with Gasteiger partial charge in [-0.3, -0.25) is 9.59 Å². The van der Waals surface area contributed by atoms with Crippen molar-refractivity contribution >= 4 is 71.0 Å². The van der Waals surface area contributed by atoms with Crippen molar-refractivity contribution in [2.24, 2.45) is 17.6 Å². The molecule has 264 valence electrons. The van der Waals surface area contributed by atoms with Gasteiger partial charge in [0, 0.05) is 33.7 Å². The van der Waals surface area contributed by atoms with Crippen molar-refractivity contribution in [2.75, 3.05) is 13.2 Å². The highest BCUT2D eigenvalue weighted by Crippen LogP contribution is 2.57. The van der Waals surface area contributed by atoms with Crippen molar-refractivity contribution in [1.82, 2.24) is 5.09 Å². The number of esters is 2. The SMILES string of the molecule is CCC(CC)COC(=O)[C@H](C)N.CCC(CC)COC(=O)[C@H](C)NP(=O)(Cl)Oc1ccccc1.Cl.O=P(Cl)(Cl)Oc1ccccc1. The first-order valence-corrected chi connectivity index (χ1v) is 20.7. The van der Waals surface area contributed by atoms with Crippen LogP contribution in [0.5, 0.6) is 11.5 Å². The van der Waals surface area contributed by atoms with Gasteiger partial charge in [0.25, 0.3) is 0 Å². The van der Waals surface area contributed by atoms with Crippen LogP contribution in [0.2, 0.25) is 0 Å². The fraction of sp³-hybridized carbons (Fsp3) is 0.533. The molecule has 0 spiro atoms. The van der Waals surface area contributed by atoms with Crippen molar-refractivity contribution in [1.29, 1.82) is 0 Å². The number of nitrogens with one attached hydrogen (secondary N) is 1. The summed E-state index contributed by atoms with van der Waals surface area (Å²) in [5.41, 5.74) is 5.33. The summed E-state index contributed by atoms with van der Waals surface area (Å²) in [6.45, 7) is 8.64. The molecule has 2 aromatic carbocycles. The van der Waals surface area contributed by atoms with Crippen LogP contribution in [0.4, 0.5) is 0 Å². The maximum Gasteiger partial charge on any atom is 0.428 e. The van der Waals surface area contributed by atoms with Gasteiger partial charge in [-0.2, -0.15) is 0 Å². The van der Waals surface area contributed by atoms with Crippen LogP contribution in [0, 0.1) is 11.8 Å². The van der Waals surface area contributed by atoms with Gasteiger partial charge in [-0.1, -0.05) is 89.8 Å². The quantitative estimate of drug-likeness (QED) is 0.125. The second kappa shape index (κ2) is 25.5. The molecule has 0 heterocycles. The van der Waals surface area contributed by atoms with Gasteiger partial charge in [0.1, 0.15) is 23.6 Å². The molecule has 0 fully saturated rings. The fourth-order valence-corrected chi connectivity index (χ4v) is 5.77. The Balaban J connectivity index is 0. The zero-order valence-corrected chi connectivity index (χ0v) is 32.0. The lowest BCUT2D eigenvalue weighted by molar-refractivity contribution is -0.147. The topological polar surface area (TPSA) is 143 Å². The molecule has 0 saturated heterocycles. The molecule has 16 heteroatoms. The van der Waals surface area contributed by atoms with Crippen LogP contribution in [0.3, 0.4) is 0 Å². The summed E-state index contributed by atoms with van der Waals surface area (Å²) in [6, 6.07) is 15.7. The first kappa shape index (κ1) is 46.6. The number of carbonyl (C=O) groups is 2. The van der Waals surface area contributed by atoms with E-state index in [2.05, 4.69) is 23.5 Å². The van der Waals surface area contributed by atoms with Gasteiger partial charge < -0.3 is 24.3 Å². The molecule has 2 aromatic rings. The first-order chi connectivity index (χ1) is 21.1. The summed E-state index contributed by atoms with van der Waals surface area (Å²) in [6.07, 6.45) is 0.528. The number of hydrogen-bond donors (Lipinski definition) is 2. The fourth-order valence-electron chi connectivity index (χ4n) is 3.24. The van der Waals surface area contributed by atoms with Crippen LogP contribution in [0.1, 0.15) is 67.2 Å². The molecule has 0 saturated carbocycles. The molecule has 3 N–H and O–H groups in total. The third-order valence-corrected chi connectivity index (χ3v) is 8.70. The smallest absolute Gasteiger partial charge is 0.428 e. The van der Waals surface area contributed by atoms with E-state index in [1.165, 1.54) is 0 Å². The average Bonchev–Trinajstić information content (AvgIpc) is 2.98. The van der Waals surface area contributed by atoms with Gasteiger partial charge in [-0.15, -0.1) is 12.4 Å². The summed E-state index contributed by atoms with van der Waals surface area (Å²) in [5, 5.41) is 2.49. The number of nitrogens with two attached hydrogens (primary N) is 1. The van der Waals surface area contributed by atoms with Crippen molar-refractivity contribution in [3.63, 3.8) is 0 Å². The summed E-state index contributed by atoms with van der Waals surface area (Å²) < 4.78 is 42.9. The Kier molecular flexibility index (Phi) is 25.9. The molecule has 0 aromatic heterocycles. The standard InChI is InChI=1S/C15H23ClNO4P.C9H19NO2.C6H5Cl2O2P.ClH/c1-4-13(5-2)11-20-15(18)12(3)17-22(16,19)21-14-9-7-6-8-10-14;1-4-8(5-2)6-12-9(11)7(3)10;7-11(8,9)10-6-4-2-1-3-5-6;/h6-10,12-13H,4-5,11H2,1-3H3,(H,17,19);7-8H,4-6,10H2,1-3H3;1-5H;1H/t12-,22?;7-;;/m00../s1. The lowest BCUT2D eigenvalue weighted by Gasteiger charge is -2.19. The molecule has 0 aliphatic carbocycles. The Bertz CT molecular complexity index is 1190. The van der Waals surface area contributed by atoms with E-state index in [-0.39, 0.29) is 18.4 Å². The monoisotopic (exact) mass is 766 g/mol. The molecule has 3 atom stereocenters. The number of para-hydroxylation sites is 2. The molecule has 0 radical (unpaired) electrons. The van der Waals surface area contributed by atoms with Crippen molar-refractivity contribution < 1.29 is 37.2 Å². The lowest BCUT2D eigenvalue weighted by Crippen LogP contribution is -2.34. The third kappa shape index (κ3) is 23.8. The Labute approximate surface area is 294 Å². The highest BCUT2D eigenvalue weighted by Gasteiger charge is 2.28. The minimum Gasteiger partial charge on any atom is -0.464 e. The first-order valence-electron chi connectivity index (χ1n) is 14.7. The van der Waals surface area contributed by atoms with Crippen molar-refractivity contribution in [3.8, 4) is 11.5 Å². The number of hydrogen-bond acceptors (Lipinski definition) is 9. The normalized spacial score (nSPS) is 13.3. The summed E-state index contributed by atoms with van der Waals surface area (Å²) >= 11 is 16.2. The Morgan fingerprint density at radius 1 is 0.717 bits per heavy atom. The van der Waals surface area contributed by atoms with Crippen LogP contribution in [0.15, 0.2) is 60.7 Å². The molecule has 1 unspecified atom stereocenters. The van der Waals surface area contributed by atoms with Gasteiger partial charge in [0.2, 0.25) is 0 Å². The van der Waals surface area contributed by atoms with Crippen LogP contribution < -0.4 is 19.9 Å². The van der Waals surface area contributed by atoms with Crippen LogP contribution in [-0.4, -0.2) is 37.2 Å². The van der Waals surface area contributed by atoms with Crippen molar-refractivity contribution in [3.05, 3.63) is 60.7 Å². The highest BCUT2D eigenvalue weighted by atomic mass is 35.9. The molecule has 0 bridgehead atoms.